The Morgan fingerprint density at radius 3 is 2.35 bits per heavy atom. The van der Waals surface area contributed by atoms with Crippen LogP contribution in [0.4, 0.5) is 11.6 Å². The highest BCUT2D eigenvalue weighted by Crippen LogP contribution is 2.45. The number of amides is 1. The van der Waals surface area contributed by atoms with Crippen LogP contribution in [0.15, 0.2) is 47.7 Å². The van der Waals surface area contributed by atoms with E-state index in [-0.39, 0.29) is 69.4 Å². The normalized spacial score (nSPS) is 13.6. The molecule has 1 saturated heterocycles. The molecule has 1 aliphatic heterocycles. The largest absolute Gasteiger partial charge is 1.00 e. The molecule has 0 aliphatic carbocycles. The zero-order chi connectivity index (χ0) is 36.3. The number of methoxy groups -OCH3 is 2. The van der Waals surface area contributed by atoms with Crippen LogP contribution < -0.4 is 37.3 Å². The first kappa shape index (κ1) is 42.2. The Labute approximate surface area is 323 Å². The van der Waals surface area contributed by atoms with Crippen molar-refractivity contribution in [2.24, 2.45) is 0 Å². The zero-order valence-electron chi connectivity index (χ0n) is 29.2. The van der Waals surface area contributed by atoms with Crippen LogP contribution in [0.5, 0.6) is 11.5 Å². The molecule has 3 aromatic heterocycles. The fourth-order valence-electron chi connectivity index (χ4n) is 6.22. The molecule has 1 fully saturated rings. The van der Waals surface area contributed by atoms with E-state index in [0.717, 1.165) is 0 Å². The fraction of sp³-hybridized carbons (Fsp3) is 0.429. The van der Waals surface area contributed by atoms with Crippen LogP contribution in [0, 0.1) is 10.1 Å². The monoisotopic (exact) mass is 822 g/mol. The summed E-state index contributed by atoms with van der Waals surface area (Å²) >= 11 is 13.6. The number of fused-ring (bicyclic) bond motifs is 1. The van der Waals surface area contributed by atoms with Gasteiger partial charge in [-0.05, 0) is 43.8 Å². The molecule has 4 heterocycles. The second-order valence-corrected chi connectivity index (χ2v) is 13.9. The number of H-pyrrole nitrogens is 1. The minimum absolute atomic E-state index is 0. The molecule has 4 aromatic rings. The Morgan fingerprint density at radius 1 is 1.13 bits per heavy atom. The Balaban J connectivity index is 0.00000364. The molecule has 14 nitrogen and oxygen atoms in total. The number of halogens is 3. The summed E-state index contributed by atoms with van der Waals surface area (Å²) in [5.74, 6) is 0.985. The maximum absolute atomic E-state index is 14.5. The maximum atomic E-state index is 14.5. The third-order valence-electron chi connectivity index (χ3n) is 8.66. The maximum Gasteiger partial charge on any atom is 0.349 e. The molecule has 1 aliphatic rings. The minimum Gasteiger partial charge on any atom is -1.00 e. The summed E-state index contributed by atoms with van der Waals surface area (Å²) in [6, 6.07) is 5.06. The van der Waals surface area contributed by atoms with Gasteiger partial charge in [-0.25, -0.2) is 15.0 Å². The average Bonchev–Trinajstić information content (AvgIpc) is 3.53. The number of anilines is 1. The minimum atomic E-state index is -0.489. The van der Waals surface area contributed by atoms with Gasteiger partial charge in [0, 0.05) is 60.5 Å². The molecule has 2 N–H and O–H groups in total. The van der Waals surface area contributed by atoms with Crippen LogP contribution in [0.3, 0.4) is 0 Å². The summed E-state index contributed by atoms with van der Waals surface area (Å²) < 4.78 is 13.1. The number of carbonyl (C=O) groups is 1. The Hall–Kier alpha value is -4.18. The molecule has 1 amide bonds. The summed E-state index contributed by atoms with van der Waals surface area (Å²) in [6.07, 6.45) is 7.40. The van der Waals surface area contributed by atoms with Gasteiger partial charge in [0.05, 0.1) is 56.0 Å². The highest BCUT2D eigenvalue weighted by atomic mass is 79.9. The van der Waals surface area contributed by atoms with Crippen molar-refractivity contribution in [3.8, 4) is 22.6 Å². The third kappa shape index (κ3) is 9.06. The van der Waals surface area contributed by atoms with Gasteiger partial charge in [0.1, 0.15) is 23.9 Å². The number of hydrogen-bond acceptors (Lipinski definition) is 9. The first-order valence-electron chi connectivity index (χ1n) is 16.1. The van der Waals surface area contributed by atoms with Crippen molar-refractivity contribution in [3.05, 3.63) is 79.1 Å². The van der Waals surface area contributed by atoms with E-state index in [1.165, 1.54) is 26.6 Å². The van der Waals surface area contributed by atoms with Crippen molar-refractivity contribution >= 4 is 51.6 Å². The van der Waals surface area contributed by atoms with Crippen molar-refractivity contribution < 1.29 is 40.7 Å². The standard InChI is InChI=1S/C34H40Cl2N8O6.CH4.BrH/c1-20(2)40-28-15-25-21(17-37-28)14-23(30-31(35)26(49-5)16-27(50-6)32(30)36)34(46)42(25)22-9-11-41(12-10-22)29(45)8-7-13-44(3,4)18-24-33(43(47)48)39-19-38-24;;/h7-8,14-17,19-20,22H,9-13,18H2,1-6H3,(H-,37,38,39,40,46);1H4;1H/b8-7+;;. The number of likely N-dealkylation sites (tertiary alicyclic amines) is 1. The second-order valence-electron chi connectivity index (χ2n) is 13.1. The second kappa shape index (κ2) is 17.6. The van der Waals surface area contributed by atoms with E-state index >= 15 is 0 Å². The molecule has 0 bridgehead atoms. The van der Waals surface area contributed by atoms with Crippen LogP contribution >= 0.6 is 23.2 Å². The van der Waals surface area contributed by atoms with Crippen molar-refractivity contribution in [1.29, 1.82) is 0 Å². The molecule has 0 saturated carbocycles. The van der Waals surface area contributed by atoms with Gasteiger partial charge in [0.2, 0.25) is 5.91 Å². The predicted octanol–water partition coefficient (Wildman–Crippen LogP) is 3.48. The molecule has 0 radical (unpaired) electrons. The summed E-state index contributed by atoms with van der Waals surface area (Å²) in [5.41, 5.74) is 1.33. The van der Waals surface area contributed by atoms with Gasteiger partial charge in [0.25, 0.3) is 5.56 Å². The highest BCUT2D eigenvalue weighted by molar-refractivity contribution is 6.41. The SMILES string of the molecule is C.COc1cc(OC)c(Cl)c(-c2cc3cnc(NC(C)C)cc3n(C3CCN(C(=O)/C=C/C[N+](C)(C)Cc4nc[nH]c4[N+](=O)[O-])CC3)c2=O)c1Cl.[Br-]. The molecule has 1 aromatic carbocycles. The Kier molecular flexibility index (Phi) is 14.3. The van der Waals surface area contributed by atoms with Gasteiger partial charge >= 0.3 is 5.82 Å². The van der Waals surface area contributed by atoms with E-state index in [0.29, 0.717) is 83.0 Å². The number of nitrogens with one attached hydrogen (secondary N) is 2. The molecule has 0 unspecified atom stereocenters. The number of nitrogens with zero attached hydrogens (tertiary/aromatic N) is 6. The van der Waals surface area contributed by atoms with Crippen LogP contribution in [0.25, 0.3) is 22.0 Å². The number of quaternary nitrogens is 1. The van der Waals surface area contributed by atoms with Crippen molar-refractivity contribution in [2.45, 2.75) is 52.7 Å². The van der Waals surface area contributed by atoms with Gasteiger partial charge in [-0.3, -0.25) is 9.59 Å². The molecule has 17 heteroatoms. The van der Waals surface area contributed by atoms with Crippen molar-refractivity contribution in [3.63, 3.8) is 0 Å². The van der Waals surface area contributed by atoms with Gasteiger partial charge in [0.15, 0.2) is 12.0 Å². The van der Waals surface area contributed by atoms with Gasteiger partial charge in [-0.1, -0.05) is 30.6 Å². The zero-order valence-corrected chi connectivity index (χ0v) is 32.3. The van der Waals surface area contributed by atoms with E-state index in [9.17, 15) is 19.7 Å². The number of imidazole rings is 1. The van der Waals surface area contributed by atoms with Crippen molar-refractivity contribution in [1.82, 2.24) is 24.4 Å². The Bertz CT molecular complexity index is 1980. The van der Waals surface area contributed by atoms with Gasteiger partial charge in [-0.15, -0.1) is 0 Å². The summed E-state index contributed by atoms with van der Waals surface area (Å²) in [4.78, 5) is 51.5. The first-order valence-corrected chi connectivity index (χ1v) is 16.9. The summed E-state index contributed by atoms with van der Waals surface area (Å²) in [7, 11) is 6.77. The number of pyridine rings is 2. The van der Waals surface area contributed by atoms with E-state index in [4.69, 9.17) is 32.7 Å². The number of aromatic nitrogens is 4. The van der Waals surface area contributed by atoms with E-state index < -0.39 is 4.92 Å². The highest BCUT2D eigenvalue weighted by Gasteiger charge is 2.29. The summed E-state index contributed by atoms with van der Waals surface area (Å²) in [6.45, 7) is 5.65. The lowest BCUT2D eigenvalue weighted by molar-refractivity contribution is -0.898. The molecule has 52 heavy (non-hydrogen) atoms. The number of piperidine rings is 1. The number of benzene rings is 1. The number of ether oxygens (including phenoxy) is 2. The molecular formula is C35H45BrCl2N8O6. The number of carbonyl (C=O) groups excluding carboxylic acids is 1. The van der Waals surface area contributed by atoms with Crippen LogP contribution in [-0.2, 0) is 11.3 Å². The number of nitro groups is 1. The van der Waals surface area contributed by atoms with Crippen LogP contribution in [-0.4, -0.2) is 93.7 Å². The number of likely N-dealkylation sites (N-methyl/N-ethyl adjacent to an activating group) is 1. The molecule has 0 atom stereocenters. The Morgan fingerprint density at radius 2 is 1.77 bits per heavy atom. The lowest BCUT2D eigenvalue weighted by atomic mass is 10.00. The number of hydrogen-bond donors (Lipinski definition) is 2. The predicted molar refractivity (Wildman–Crippen MR) is 200 cm³/mol. The lowest BCUT2D eigenvalue weighted by Crippen LogP contribution is -3.00. The molecule has 5 rings (SSSR count). The molecule has 282 valence electrons. The molecule has 0 spiro atoms. The third-order valence-corrected chi connectivity index (χ3v) is 9.41. The first-order chi connectivity index (χ1) is 23.7. The van der Waals surface area contributed by atoms with E-state index in [1.807, 2.05) is 34.0 Å². The quantitative estimate of drug-likeness (QED) is 0.0946. The smallest absolute Gasteiger partial charge is 0.349 e. The summed E-state index contributed by atoms with van der Waals surface area (Å²) in [5, 5.41) is 15.7. The topological polar surface area (TPSA) is 158 Å². The van der Waals surface area contributed by atoms with E-state index in [1.54, 1.807) is 33.9 Å². The van der Waals surface area contributed by atoms with Gasteiger partial charge in [-0.2, -0.15) is 0 Å². The van der Waals surface area contributed by atoms with Crippen LogP contribution in [0.1, 0.15) is 45.9 Å². The van der Waals surface area contributed by atoms with E-state index in [2.05, 4.69) is 20.3 Å². The van der Waals surface area contributed by atoms with Gasteiger partial charge < -0.3 is 55.8 Å². The lowest BCUT2D eigenvalue weighted by Gasteiger charge is -2.33. The number of aromatic amines is 1. The van der Waals surface area contributed by atoms with Crippen LogP contribution in [0.2, 0.25) is 10.0 Å². The van der Waals surface area contributed by atoms with Crippen molar-refractivity contribution in [2.75, 3.05) is 53.3 Å². The number of rotatable bonds is 12. The molecular weight excluding hydrogens is 779 g/mol. The fourth-order valence-corrected chi connectivity index (χ4v) is 6.92. The average molecular weight is 825 g/mol.